The highest BCUT2D eigenvalue weighted by atomic mass is 16.1. The minimum atomic E-state index is -0.0508. The molecule has 80 valence electrons. The average molecular weight is 204 g/mol. The fourth-order valence-electron chi connectivity index (χ4n) is 1.26. The van der Waals surface area contributed by atoms with Crippen molar-refractivity contribution >= 4 is 5.91 Å². The summed E-state index contributed by atoms with van der Waals surface area (Å²) in [6.45, 7) is 4.46. The highest BCUT2D eigenvalue weighted by molar-refractivity contribution is 5.95. The summed E-state index contributed by atoms with van der Waals surface area (Å²) >= 11 is 0. The molecule has 1 aromatic heterocycles. The number of allylic oxidation sites excluding steroid dienone is 1. The Morgan fingerprint density at radius 1 is 1.60 bits per heavy atom. The highest BCUT2D eigenvalue weighted by Gasteiger charge is 2.07. The molecule has 0 aliphatic heterocycles. The molecule has 1 amide bonds. The fraction of sp³-hybridized carbons (Fsp3) is 0.333. The van der Waals surface area contributed by atoms with Gasteiger partial charge in [0.25, 0.3) is 5.91 Å². The van der Waals surface area contributed by atoms with Crippen molar-refractivity contribution in [3.63, 3.8) is 0 Å². The lowest BCUT2D eigenvalue weighted by Crippen LogP contribution is -2.25. The predicted octanol–water partition coefficient (Wildman–Crippen LogP) is 2.09. The molecule has 0 spiro atoms. The van der Waals surface area contributed by atoms with Crippen molar-refractivity contribution in [2.24, 2.45) is 0 Å². The Morgan fingerprint density at radius 3 is 3.07 bits per heavy atom. The first-order valence-electron chi connectivity index (χ1n) is 5.06. The molecule has 1 aromatic rings. The lowest BCUT2D eigenvalue weighted by molar-refractivity contribution is 0.0953. The van der Waals surface area contributed by atoms with Gasteiger partial charge in [-0.15, -0.1) is 0 Å². The molecule has 0 saturated carbocycles. The van der Waals surface area contributed by atoms with E-state index in [9.17, 15) is 4.79 Å². The Morgan fingerprint density at radius 2 is 2.40 bits per heavy atom. The van der Waals surface area contributed by atoms with Crippen LogP contribution in [0.25, 0.3) is 0 Å². The number of nitrogens with zero attached hydrogens (tertiary/aromatic N) is 1. The van der Waals surface area contributed by atoms with Crippen molar-refractivity contribution in [2.75, 3.05) is 6.54 Å². The maximum atomic E-state index is 11.7. The zero-order chi connectivity index (χ0) is 11.1. The van der Waals surface area contributed by atoms with E-state index < -0.39 is 0 Å². The number of hydrogen-bond acceptors (Lipinski definition) is 2. The largest absolute Gasteiger partial charge is 0.352 e. The van der Waals surface area contributed by atoms with Crippen LogP contribution in [0.5, 0.6) is 0 Å². The van der Waals surface area contributed by atoms with Gasteiger partial charge in [0.2, 0.25) is 0 Å². The normalized spacial score (nSPS) is 10.5. The van der Waals surface area contributed by atoms with Gasteiger partial charge in [0, 0.05) is 18.4 Å². The third-order valence-electron chi connectivity index (χ3n) is 2.08. The van der Waals surface area contributed by atoms with Crippen LogP contribution in [0.1, 0.15) is 29.4 Å². The molecule has 0 bridgehead atoms. The van der Waals surface area contributed by atoms with Crippen LogP contribution in [0.4, 0.5) is 0 Å². The van der Waals surface area contributed by atoms with Gasteiger partial charge in [-0.25, -0.2) is 0 Å². The molecule has 15 heavy (non-hydrogen) atoms. The quantitative estimate of drug-likeness (QED) is 0.602. The molecule has 0 aliphatic carbocycles. The van der Waals surface area contributed by atoms with E-state index in [1.807, 2.05) is 26.0 Å². The van der Waals surface area contributed by atoms with E-state index in [1.165, 1.54) is 0 Å². The summed E-state index contributed by atoms with van der Waals surface area (Å²) < 4.78 is 0. The number of carbonyl (C=O) groups is 1. The monoisotopic (exact) mass is 204 g/mol. The van der Waals surface area contributed by atoms with Crippen LogP contribution < -0.4 is 5.32 Å². The summed E-state index contributed by atoms with van der Waals surface area (Å²) in [5.74, 6) is -0.0508. The minimum absolute atomic E-state index is 0.0508. The van der Waals surface area contributed by atoms with Crippen molar-refractivity contribution in [1.82, 2.24) is 10.3 Å². The molecule has 0 unspecified atom stereocenters. The smallest absolute Gasteiger partial charge is 0.253 e. The van der Waals surface area contributed by atoms with Crippen LogP contribution in [-0.2, 0) is 0 Å². The third-order valence-corrected chi connectivity index (χ3v) is 2.08. The van der Waals surface area contributed by atoms with E-state index in [2.05, 4.69) is 10.3 Å². The fourth-order valence-corrected chi connectivity index (χ4v) is 1.26. The van der Waals surface area contributed by atoms with Crippen LogP contribution in [-0.4, -0.2) is 17.4 Å². The van der Waals surface area contributed by atoms with Crippen LogP contribution in [0, 0.1) is 6.92 Å². The lowest BCUT2D eigenvalue weighted by Gasteiger charge is -2.05. The van der Waals surface area contributed by atoms with Gasteiger partial charge in [0.15, 0.2) is 0 Å². The first-order valence-corrected chi connectivity index (χ1v) is 5.06. The number of pyridine rings is 1. The number of nitrogens with one attached hydrogen (secondary N) is 1. The molecule has 0 radical (unpaired) electrons. The van der Waals surface area contributed by atoms with Gasteiger partial charge < -0.3 is 5.32 Å². The van der Waals surface area contributed by atoms with Gasteiger partial charge in [-0.1, -0.05) is 12.2 Å². The number of rotatable bonds is 4. The van der Waals surface area contributed by atoms with Gasteiger partial charge in [0.05, 0.1) is 5.56 Å². The zero-order valence-corrected chi connectivity index (χ0v) is 9.16. The Balaban J connectivity index is 2.51. The summed E-state index contributed by atoms with van der Waals surface area (Å²) in [4.78, 5) is 15.7. The Labute approximate surface area is 90.2 Å². The average Bonchev–Trinajstić information content (AvgIpc) is 2.25. The molecule has 3 nitrogen and oxygen atoms in total. The number of hydrogen-bond donors (Lipinski definition) is 1. The van der Waals surface area contributed by atoms with Gasteiger partial charge in [0.1, 0.15) is 0 Å². The molecule has 1 rings (SSSR count). The summed E-state index contributed by atoms with van der Waals surface area (Å²) in [5, 5.41) is 2.84. The third kappa shape index (κ3) is 3.54. The van der Waals surface area contributed by atoms with E-state index in [0.29, 0.717) is 12.1 Å². The summed E-state index contributed by atoms with van der Waals surface area (Å²) in [6.07, 6.45) is 6.55. The van der Waals surface area contributed by atoms with Gasteiger partial charge in [-0.05, 0) is 32.4 Å². The van der Waals surface area contributed by atoms with E-state index in [1.54, 1.807) is 18.3 Å². The van der Waals surface area contributed by atoms with Crippen molar-refractivity contribution in [3.8, 4) is 0 Å². The van der Waals surface area contributed by atoms with E-state index in [-0.39, 0.29) is 5.91 Å². The lowest BCUT2D eigenvalue weighted by atomic mass is 10.2. The van der Waals surface area contributed by atoms with E-state index in [4.69, 9.17) is 0 Å². The second-order valence-electron chi connectivity index (χ2n) is 3.25. The summed E-state index contributed by atoms with van der Waals surface area (Å²) in [7, 11) is 0. The first kappa shape index (κ1) is 11.4. The number of amides is 1. The number of aryl methyl sites for hydroxylation is 1. The molecule has 0 fully saturated rings. The van der Waals surface area contributed by atoms with E-state index >= 15 is 0 Å². The number of aromatic nitrogens is 1. The van der Waals surface area contributed by atoms with Crippen LogP contribution in [0.15, 0.2) is 30.5 Å². The van der Waals surface area contributed by atoms with Gasteiger partial charge in [-0.2, -0.15) is 0 Å². The molecular weight excluding hydrogens is 188 g/mol. The molecule has 1 heterocycles. The maximum absolute atomic E-state index is 11.7. The Hall–Kier alpha value is -1.64. The van der Waals surface area contributed by atoms with Crippen molar-refractivity contribution < 1.29 is 4.79 Å². The van der Waals surface area contributed by atoms with Crippen molar-refractivity contribution in [1.29, 1.82) is 0 Å². The molecule has 0 saturated heterocycles. The highest BCUT2D eigenvalue weighted by Crippen LogP contribution is 2.02. The predicted molar refractivity (Wildman–Crippen MR) is 60.7 cm³/mol. The van der Waals surface area contributed by atoms with Crippen LogP contribution in [0.2, 0.25) is 0 Å². The van der Waals surface area contributed by atoms with E-state index in [0.717, 1.165) is 12.1 Å². The van der Waals surface area contributed by atoms with Crippen LogP contribution in [0.3, 0.4) is 0 Å². The van der Waals surface area contributed by atoms with Crippen molar-refractivity contribution in [3.05, 3.63) is 41.7 Å². The van der Waals surface area contributed by atoms with Gasteiger partial charge in [-0.3, -0.25) is 9.78 Å². The Kier molecular flexibility index (Phi) is 4.54. The second kappa shape index (κ2) is 5.96. The maximum Gasteiger partial charge on any atom is 0.253 e. The SMILES string of the molecule is C/C=C/CCNC(=O)c1cccnc1C. The molecule has 3 heteroatoms. The molecule has 1 N–H and O–H groups in total. The van der Waals surface area contributed by atoms with Crippen LogP contribution >= 0.6 is 0 Å². The topological polar surface area (TPSA) is 42.0 Å². The molecule has 0 atom stereocenters. The second-order valence-corrected chi connectivity index (χ2v) is 3.25. The zero-order valence-electron chi connectivity index (χ0n) is 9.16. The first-order chi connectivity index (χ1) is 7.25. The van der Waals surface area contributed by atoms with Gasteiger partial charge >= 0.3 is 0 Å². The summed E-state index contributed by atoms with van der Waals surface area (Å²) in [6, 6.07) is 3.56. The minimum Gasteiger partial charge on any atom is -0.352 e. The van der Waals surface area contributed by atoms with Crippen molar-refractivity contribution in [2.45, 2.75) is 20.3 Å². The molecule has 0 aromatic carbocycles. The number of carbonyl (C=O) groups excluding carboxylic acids is 1. The Bertz CT molecular complexity index is 358. The molecule has 0 aliphatic rings. The summed E-state index contributed by atoms with van der Waals surface area (Å²) in [5.41, 5.74) is 1.42. The molecular formula is C12H16N2O. The standard InChI is InChI=1S/C12H16N2O/c1-3-4-5-8-14-12(15)11-7-6-9-13-10(11)2/h3-4,6-7,9H,5,8H2,1-2H3,(H,14,15)/b4-3+.